The average molecular weight is 868 g/mol. The van der Waals surface area contributed by atoms with Gasteiger partial charge in [-0.3, -0.25) is 4.68 Å². The molecular formula is C44H55ClFN5O8S. The van der Waals surface area contributed by atoms with Crippen molar-refractivity contribution < 1.29 is 41.4 Å². The van der Waals surface area contributed by atoms with Crippen LogP contribution >= 0.6 is 11.6 Å². The Labute approximate surface area is 356 Å². The number of carbonyl (C=O) groups excluding carboxylic acids is 3. The van der Waals surface area contributed by atoms with Gasteiger partial charge < -0.3 is 19.5 Å². The quantitative estimate of drug-likeness (QED) is 0.160. The molecule has 6 rings (SSSR count). The first-order valence-electron chi connectivity index (χ1n) is 20.3. The monoisotopic (exact) mass is 867 g/mol. The number of hydrogen-bond acceptors (Lipinski definition) is 10. The Bertz CT molecular complexity index is 2360. The van der Waals surface area contributed by atoms with E-state index in [2.05, 4.69) is 5.32 Å². The van der Waals surface area contributed by atoms with Crippen molar-refractivity contribution in [2.24, 2.45) is 0 Å². The number of benzene rings is 2. The molecule has 0 spiro atoms. The zero-order chi connectivity index (χ0) is 43.9. The lowest BCUT2D eigenvalue weighted by molar-refractivity contribution is 0.0425. The Morgan fingerprint density at radius 2 is 1.42 bits per heavy atom. The van der Waals surface area contributed by atoms with Crippen molar-refractivity contribution in [2.45, 2.75) is 147 Å². The van der Waals surface area contributed by atoms with Gasteiger partial charge in [-0.2, -0.15) is 10.00 Å². The van der Waals surface area contributed by atoms with E-state index in [0.29, 0.717) is 47.2 Å². The molecule has 2 fully saturated rings. The summed E-state index contributed by atoms with van der Waals surface area (Å²) in [4.78, 5) is 46.3. The number of imide groups is 1. The molecule has 0 radical (unpaired) electrons. The SMILES string of the molecule is CC(C)(C)OC(=O)NC1CCC(c2cnc(N(C(=O)OC(C)(C)C)C(=O)OC(C)(C)C)c3c(-c4ccc(CS(=O)(=O)Cc5ccccc5Cl)c(F)c4)nn(C4CC4)c23)CC1. The number of pyridine rings is 1. The van der Waals surface area contributed by atoms with Crippen LogP contribution in [0.3, 0.4) is 0 Å². The first-order valence-corrected chi connectivity index (χ1v) is 22.5. The van der Waals surface area contributed by atoms with Gasteiger partial charge >= 0.3 is 18.3 Å². The second-order valence-electron chi connectivity index (χ2n) is 18.7. The Morgan fingerprint density at radius 3 is 1.97 bits per heavy atom. The van der Waals surface area contributed by atoms with Crippen LogP contribution in [0.5, 0.6) is 0 Å². The van der Waals surface area contributed by atoms with E-state index >= 15 is 4.39 Å². The fourth-order valence-corrected chi connectivity index (χ4v) is 9.09. The number of nitrogens with zero attached hydrogens (tertiary/aromatic N) is 4. The molecule has 1 N–H and O–H groups in total. The number of amides is 3. The van der Waals surface area contributed by atoms with Gasteiger partial charge in [0, 0.05) is 28.4 Å². The normalized spacial score (nSPS) is 17.6. The van der Waals surface area contributed by atoms with E-state index in [4.69, 9.17) is 35.9 Å². The van der Waals surface area contributed by atoms with Crippen LogP contribution in [0.25, 0.3) is 22.2 Å². The van der Waals surface area contributed by atoms with E-state index in [1.807, 2.05) is 25.5 Å². The molecule has 0 atom stereocenters. The molecule has 2 aromatic carbocycles. The highest BCUT2D eigenvalue weighted by Gasteiger charge is 2.39. The largest absolute Gasteiger partial charge is 0.444 e. The average Bonchev–Trinajstić information content (AvgIpc) is 3.87. The third kappa shape index (κ3) is 11.1. The highest BCUT2D eigenvalue weighted by molar-refractivity contribution is 7.89. The number of halogens is 2. The van der Waals surface area contributed by atoms with Crippen LogP contribution in [-0.2, 0) is 35.6 Å². The maximum Gasteiger partial charge on any atom is 0.425 e. The molecule has 3 amide bonds. The van der Waals surface area contributed by atoms with Crippen molar-refractivity contribution in [1.82, 2.24) is 20.1 Å². The first-order chi connectivity index (χ1) is 27.9. The summed E-state index contributed by atoms with van der Waals surface area (Å²) in [5.74, 6) is -1.87. The van der Waals surface area contributed by atoms with Gasteiger partial charge in [-0.25, -0.2) is 32.2 Å². The summed E-state index contributed by atoms with van der Waals surface area (Å²) < 4.78 is 61.6. The van der Waals surface area contributed by atoms with Crippen LogP contribution in [0, 0.1) is 5.82 Å². The number of alkyl carbamates (subject to hydrolysis) is 1. The Balaban J connectivity index is 1.46. The van der Waals surface area contributed by atoms with Crippen molar-refractivity contribution in [3.8, 4) is 11.3 Å². The molecule has 2 heterocycles. The molecule has 2 aliphatic rings. The molecule has 60 heavy (non-hydrogen) atoms. The zero-order valence-electron chi connectivity index (χ0n) is 35.7. The molecule has 0 aliphatic heterocycles. The summed E-state index contributed by atoms with van der Waals surface area (Å²) in [5.41, 5.74) is -0.303. The lowest BCUT2D eigenvalue weighted by atomic mass is 9.81. The molecule has 2 aliphatic carbocycles. The number of sulfone groups is 1. The Kier molecular flexibility index (Phi) is 12.7. The van der Waals surface area contributed by atoms with Crippen LogP contribution in [0.15, 0.2) is 48.7 Å². The van der Waals surface area contributed by atoms with E-state index in [9.17, 15) is 22.8 Å². The first kappa shape index (κ1) is 44.8. The number of aromatic nitrogens is 3. The third-order valence-electron chi connectivity index (χ3n) is 9.91. The van der Waals surface area contributed by atoms with E-state index < -0.39 is 56.5 Å². The second-order valence-corrected chi connectivity index (χ2v) is 21.2. The van der Waals surface area contributed by atoms with Crippen LogP contribution < -0.4 is 10.2 Å². The summed E-state index contributed by atoms with van der Waals surface area (Å²) >= 11 is 6.24. The second kappa shape index (κ2) is 16.9. The molecule has 0 bridgehead atoms. The number of carbonyl (C=O) groups is 3. The van der Waals surface area contributed by atoms with Crippen molar-refractivity contribution >= 4 is 56.4 Å². The van der Waals surface area contributed by atoms with E-state index in [0.717, 1.165) is 23.3 Å². The molecule has 2 saturated carbocycles. The molecule has 4 aromatic rings. The summed E-state index contributed by atoms with van der Waals surface area (Å²) in [7, 11) is -3.84. The predicted octanol–water partition coefficient (Wildman–Crippen LogP) is 10.6. The number of hydrogen-bond donors (Lipinski definition) is 1. The Morgan fingerprint density at radius 1 is 0.833 bits per heavy atom. The van der Waals surface area contributed by atoms with E-state index in [-0.39, 0.29) is 46.4 Å². The van der Waals surface area contributed by atoms with Gasteiger partial charge in [0.25, 0.3) is 0 Å². The number of anilines is 1. The lowest BCUT2D eigenvalue weighted by Crippen LogP contribution is -2.44. The Hall–Kier alpha value is -4.76. The topological polar surface area (TPSA) is 159 Å². The maximum absolute atomic E-state index is 16.2. The summed E-state index contributed by atoms with van der Waals surface area (Å²) in [5, 5.41) is 8.66. The van der Waals surface area contributed by atoms with Crippen molar-refractivity contribution in [1.29, 1.82) is 0 Å². The number of nitrogens with one attached hydrogen (secondary N) is 1. The summed E-state index contributed by atoms with van der Waals surface area (Å²) in [6, 6.07) is 10.7. The fourth-order valence-electron chi connectivity index (χ4n) is 7.27. The molecule has 16 heteroatoms. The number of ether oxygens (including phenoxy) is 3. The minimum atomic E-state index is -3.84. The van der Waals surface area contributed by atoms with Crippen LogP contribution in [-0.4, -0.2) is 64.3 Å². The van der Waals surface area contributed by atoms with Crippen LogP contribution in [0.1, 0.15) is 129 Å². The van der Waals surface area contributed by atoms with E-state index in [1.165, 1.54) is 12.1 Å². The third-order valence-corrected chi connectivity index (χ3v) is 11.8. The summed E-state index contributed by atoms with van der Waals surface area (Å²) in [6.07, 6.45) is 3.43. The van der Waals surface area contributed by atoms with Gasteiger partial charge in [-0.1, -0.05) is 41.9 Å². The number of rotatable bonds is 9. The molecular weight excluding hydrogens is 813 g/mol. The zero-order valence-corrected chi connectivity index (χ0v) is 37.3. The highest BCUT2D eigenvalue weighted by Crippen LogP contribution is 2.47. The molecule has 2 aromatic heterocycles. The predicted molar refractivity (Wildman–Crippen MR) is 228 cm³/mol. The minimum absolute atomic E-state index is 0.0176. The highest BCUT2D eigenvalue weighted by atomic mass is 35.5. The van der Waals surface area contributed by atoms with Gasteiger partial charge in [-0.15, -0.1) is 0 Å². The van der Waals surface area contributed by atoms with Gasteiger partial charge in [0.1, 0.15) is 28.3 Å². The fraction of sp³-hybridized carbons (Fsp3) is 0.523. The molecule has 324 valence electrons. The minimum Gasteiger partial charge on any atom is -0.444 e. The lowest BCUT2D eigenvalue weighted by Gasteiger charge is -2.31. The van der Waals surface area contributed by atoms with Crippen molar-refractivity contribution in [2.75, 3.05) is 4.90 Å². The molecule has 13 nitrogen and oxygen atoms in total. The van der Waals surface area contributed by atoms with Crippen LogP contribution in [0.4, 0.5) is 24.6 Å². The number of fused-ring (bicyclic) bond motifs is 1. The van der Waals surface area contributed by atoms with Crippen molar-refractivity contribution in [3.63, 3.8) is 0 Å². The van der Waals surface area contributed by atoms with Gasteiger partial charge in [0.15, 0.2) is 15.7 Å². The van der Waals surface area contributed by atoms with Gasteiger partial charge in [-0.05, 0) is 130 Å². The van der Waals surface area contributed by atoms with Crippen LogP contribution in [0.2, 0.25) is 5.02 Å². The smallest absolute Gasteiger partial charge is 0.425 e. The molecule has 0 saturated heterocycles. The summed E-state index contributed by atoms with van der Waals surface area (Å²) in [6.45, 7) is 15.5. The molecule has 0 unspecified atom stereocenters. The van der Waals surface area contributed by atoms with E-state index in [1.54, 1.807) is 78.1 Å². The maximum atomic E-state index is 16.2. The van der Waals surface area contributed by atoms with Gasteiger partial charge in [0.05, 0.1) is 28.5 Å². The standard InChI is InChI=1S/C44H55ClFN5O8S/c1-42(2,3)57-39(52)48-30-18-16-26(17-19-30)32-23-47-38(50(40(53)58-43(4,5)6)41(54)59-44(7,8)9)35-36(49-51(37(32)35)31-20-21-31)27-14-15-29(34(46)22-27)25-60(55,56)24-28-12-10-11-13-33(28)45/h10-15,22-23,26,30-31H,16-21,24-25H2,1-9H3,(H,48,52). The van der Waals surface area contributed by atoms with Gasteiger partial charge in [0.2, 0.25) is 0 Å². The van der Waals surface area contributed by atoms with Crippen molar-refractivity contribution in [3.05, 3.63) is 76.2 Å².